The van der Waals surface area contributed by atoms with Crippen LogP contribution in [-0.4, -0.2) is 108 Å². The second-order valence-electron chi connectivity index (χ2n) is 16.0. The molecule has 0 saturated carbocycles. The topological polar surface area (TPSA) is 297 Å². The Morgan fingerprint density at radius 3 is 2.18 bits per heavy atom. The van der Waals surface area contributed by atoms with E-state index in [2.05, 4.69) is 31.6 Å². The predicted octanol–water partition coefficient (Wildman–Crippen LogP) is 0.457. The van der Waals surface area contributed by atoms with Crippen molar-refractivity contribution >= 4 is 53.0 Å². The minimum Gasteiger partial charge on any atom is -0.388 e. The number of benzene rings is 2. The van der Waals surface area contributed by atoms with Gasteiger partial charge in [0.2, 0.25) is 35.4 Å². The Labute approximate surface area is 362 Å². The van der Waals surface area contributed by atoms with Gasteiger partial charge in [0.25, 0.3) is 0 Å². The van der Waals surface area contributed by atoms with Gasteiger partial charge in [-0.15, -0.1) is 0 Å². The Balaban J connectivity index is 1.68. The molecule has 2 aliphatic heterocycles. The largest absolute Gasteiger partial charge is 0.388 e. The Bertz CT molecular complexity index is 1890. The van der Waals surface area contributed by atoms with Crippen molar-refractivity contribution in [2.24, 2.45) is 28.1 Å². The Hall–Kier alpha value is -6.33. The number of ketones is 1. The van der Waals surface area contributed by atoms with E-state index in [-0.39, 0.29) is 88.6 Å². The van der Waals surface area contributed by atoms with Crippen LogP contribution in [0.4, 0.5) is 0 Å². The molecule has 12 N–H and O–H groups in total. The van der Waals surface area contributed by atoms with E-state index in [1.165, 1.54) is 11.8 Å². The first kappa shape index (κ1) is 48.3. The van der Waals surface area contributed by atoms with Gasteiger partial charge in [-0.25, -0.2) is 0 Å². The fourth-order valence-electron chi connectivity index (χ4n) is 7.82. The molecule has 2 aromatic carbocycles. The lowest BCUT2D eigenvalue weighted by atomic mass is 9.90. The highest BCUT2D eigenvalue weighted by Gasteiger charge is 2.40. The zero-order valence-corrected chi connectivity index (χ0v) is 35.5. The summed E-state index contributed by atoms with van der Waals surface area (Å²) < 4.78 is 0. The zero-order chi connectivity index (χ0) is 45.0. The van der Waals surface area contributed by atoms with Crippen molar-refractivity contribution in [2.75, 3.05) is 19.6 Å². The molecule has 6 amide bonds. The second-order valence-corrected chi connectivity index (χ2v) is 16.0. The minimum atomic E-state index is -1.14. The summed E-state index contributed by atoms with van der Waals surface area (Å²) in [6, 6.07) is 12.9. The van der Waals surface area contributed by atoms with Crippen LogP contribution < -0.4 is 43.8 Å². The van der Waals surface area contributed by atoms with Crippen molar-refractivity contribution in [2.45, 2.75) is 121 Å². The molecule has 18 heteroatoms. The number of aliphatic imine (C=N–C) groups is 1. The van der Waals surface area contributed by atoms with Gasteiger partial charge < -0.3 is 48.7 Å². The third-order valence-corrected chi connectivity index (χ3v) is 11.0. The van der Waals surface area contributed by atoms with Gasteiger partial charge >= 0.3 is 0 Å². The van der Waals surface area contributed by atoms with E-state index in [0.29, 0.717) is 32.1 Å². The van der Waals surface area contributed by atoms with Crippen LogP contribution >= 0.6 is 0 Å². The monoisotopic (exact) mass is 857 g/mol. The van der Waals surface area contributed by atoms with Gasteiger partial charge in [-0.1, -0.05) is 67.1 Å². The lowest BCUT2D eigenvalue weighted by molar-refractivity contribution is -0.142. The Kier molecular flexibility index (Phi) is 19.3. The molecule has 6 atom stereocenters. The van der Waals surface area contributed by atoms with Gasteiger partial charge in [0.05, 0.1) is 11.9 Å². The molecule has 0 aliphatic carbocycles. The van der Waals surface area contributed by atoms with Crippen LogP contribution in [0.1, 0.15) is 88.7 Å². The summed E-state index contributed by atoms with van der Waals surface area (Å²) in [5.41, 5.74) is 18.2. The highest BCUT2D eigenvalue weighted by atomic mass is 16.2. The number of nitrogens with one attached hydrogen (secondary N) is 6. The van der Waals surface area contributed by atoms with Crippen molar-refractivity contribution in [1.82, 2.24) is 31.5 Å². The van der Waals surface area contributed by atoms with Crippen molar-refractivity contribution in [1.29, 1.82) is 5.41 Å². The van der Waals surface area contributed by atoms with E-state index >= 15 is 0 Å². The van der Waals surface area contributed by atoms with Crippen molar-refractivity contribution in [3.05, 3.63) is 71.8 Å². The normalized spacial score (nSPS) is 22.1. The van der Waals surface area contributed by atoms with Crippen LogP contribution in [0.15, 0.2) is 65.7 Å². The summed E-state index contributed by atoms with van der Waals surface area (Å²) in [5, 5.41) is 21.8. The molecule has 0 radical (unpaired) electrons. The number of amidine groups is 1. The first-order chi connectivity index (χ1) is 29.7. The molecule has 2 heterocycles. The molecule has 4 rings (SSSR count). The van der Waals surface area contributed by atoms with Gasteiger partial charge in [0.1, 0.15) is 24.2 Å². The molecule has 2 aromatic rings. The van der Waals surface area contributed by atoms with Crippen LogP contribution in [0.5, 0.6) is 0 Å². The van der Waals surface area contributed by atoms with E-state index in [9.17, 15) is 33.6 Å². The first-order valence-corrected chi connectivity index (χ1v) is 21.5. The average molecular weight is 858 g/mol. The molecule has 0 aromatic heterocycles. The second kappa shape index (κ2) is 24.8. The SMILES string of the molecule is CC(=O)N[C@@H](Cc1ccccc1)C(=O)N[C@H]1CCCNC(=O)[C@H](CCCN=C(N)N)CC(=O)[C@H](Cc2ccccc2)NC(=O)[C@@H](CCCCC(=N)N)NC(=O)[C@@H]2CCCN2C1=O. The molecule has 0 unspecified atom stereocenters. The number of hydrogen-bond donors (Lipinski definition) is 9. The fourth-order valence-corrected chi connectivity index (χ4v) is 7.82. The molecule has 0 bridgehead atoms. The number of guanidine groups is 1. The molecule has 2 saturated heterocycles. The average Bonchev–Trinajstić information content (AvgIpc) is 3.73. The van der Waals surface area contributed by atoms with Gasteiger partial charge in [-0.2, -0.15) is 0 Å². The highest BCUT2D eigenvalue weighted by Crippen LogP contribution is 2.22. The van der Waals surface area contributed by atoms with Crippen molar-refractivity contribution in [3.8, 4) is 0 Å². The Morgan fingerprint density at radius 1 is 0.839 bits per heavy atom. The van der Waals surface area contributed by atoms with Gasteiger partial charge in [-0.3, -0.25) is 44.0 Å². The maximum atomic E-state index is 14.5. The lowest BCUT2D eigenvalue weighted by Crippen LogP contribution is -2.59. The summed E-state index contributed by atoms with van der Waals surface area (Å²) in [6.45, 7) is 1.82. The van der Waals surface area contributed by atoms with E-state index in [0.717, 1.165) is 11.1 Å². The molecule has 2 fully saturated rings. The number of Topliss-reactive ketones (excluding diaryl/α,β-unsaturated/α-hetero) is 1. The van der Waals surface area contributed by atoms with Crippen molar-refractivity contribution in [3.63, 3.8) is 0 Å². The smallest absolute Gasteiger partial charge is 0.245 e. The summed E-state index contributed by atoms with van der Waals surface area (Å²) in [4.78, 5) is 102. The quantitative estimate of drug-likeness (QED) is 0.0638. The number of fused-ring (bicyclic) bond motifs is 1. The van der Waals surface area contributed by atoms with E-state index in [1.54, 1.807) is 0 Å². The van der Waals surface area contributed by atoms with Gasteiger partial charge in [0, 0.05) is 51.7 Å². The number of unbranched alkanes of at least 4 members (excludes halogenated alkanes) is 1. The number of rotatable bonds is 16. The molecular weight excluding hydrogens is 795 g/mol. The highest BCUT2D eigenvalue weighted by molar-refractivity contribution is 5.97. The fraction of sp³-hybridized carbons (Fsp3) is 0.523. The summed E-state index contributed by atoms with van der Waals surface area (Å²) in [7, 11) is 0. The van der Waals surface area contributed by atoms with E-state index < -0.39 is 71.6 Å². The standard InChI is InChI=1S/C44H63N11O7/c1-28(56)51-35(26-30-15-6-3-7-16-30)41(60)53-33-19-11-22-49-39(58)31(17-10-23-50-44(47)48)27-37(57)34(25-29-13-4-2-5-14-29)54-40(59)32(18-8-9-21-38(45)46)52-42(61)36-20-12-24-55(36)43(33)62/h2-7,13-16,31-36H,8-12,17-27H2,1H3,(H3,45,46)(H,49,58)(H,51,56)(H,52,61)(H,53,60)(H,54,59)(H4,47,48,50)/t31-,32-,33+,34+,35+,36+/m1/s1. The predicted molar refractivity (Wildman–Crippen MR) is 234 cm³/mol. The maximum absolute atomic E-state index is 14.5. The summed E-state index contributed by atoms with van der Waals surface area (Å²) >= 11 is 0. The van der Waals surface area contributed by atoms with Crippen LogP contribution in [-0.2, 0) is 46.4 Å². The number of hydrogen-bond acceptors (Lipinski definition) is 9. The van der Waals surface area contributed by atoms with Crippen LogP contribution in [0.3, 0.4) is 0 Å². The number of carbonyl (C=O) groups excluding carboxylic acids is 7. The number of nitrogens with two attached hydrogens (primary N) is 3. The van der Waals surface area contributed by atoms with Gasteiger partial charge in [0.15, 0.2) is 11.7 Å². The minimum absolute atomic E-state index is 0.0150. The molecule has 336 valence electrons. The molecule has 2 aliphatic rings. The van der Waals surface area contributed by atoms with Crippen molar-refractivity contribution < 1.29 is 33.6 Å². The maximum Gasteiger partial charge on any atom is 0.245 e. The third kappa shape index (κ3) is 15.9. The molecule has 62 heavy (non-hydrogen) atoms. The molecule has 0 spiro atoms. The Morgan fingerprint density at radius 2 is 1.52 bits per heavy atom. The zero-order valence-electron chi connectivity index (χ0n) is 35.5. The summed E-state index contributed by atoms with van der Waals surface area (Å²) in [6.07, 6.45) is 3.10. The number of carbonyl (C=O) groups is 7. The number of amides is 6. The molecule has 18 nitrogen and oxygen atoms in total. The van der Waals surface area contributed by atoms with E-state index in [1.807, 2.05) is 60.7 Å². The summed E-state index contributed by atoms with van der Waals surface area (Å²) in [5.74, 6) is -4.47. The van der Waals surface area contributed by atoms with Gasteiger partial charge in [-0.05, 0) is 68.9 Å². The van der Waals surface area contributed by atoms with Crippen LogP contribution in [0.2, 0.25) is 0 Å². The number of nitrogens with zero attached hydrogens (tertiary/aromatic N) is 2. The third-order valence-electron chi connectivity index (χ3n) is 11.0. The van der Waals surface area contributed by atoms with Crippen LogP contribution in [0, 0.1) is 11.3 Å². The molecular formula is C44H63N11O7. The first-order valence-electron chi connectivity index (χ1n) is 21.5. The van der Waals surface area contributed by atoms with Crippen LogP contribution in [0.25, 0.3) is 0 Å². The lowest BCUT2D eigenvalue weighted by Gasteiger charge is -2.31. The van der Waals surface area contributed by atoms with E-state index in [4.69, 9.17) is 22.6 Å².